The molecular formula is C17H38N2. The molecule has 3 N–H and O–H groups in total. The van der Waals surface area contributed by atoms with Crippen LogP contribution in [-0.2, 0) is 0 Å². The molecule has 116 valence electrons. The maximum absolute atomic E-state index is 5.48. The zero-order valence-corrected chi connectivity index (χ0v) is 13.6. The largest absolute Gasteiger partial charge is 0.330 e. The third kappa shape index (κ3) is 14.1. The smallest absolute Gasteiger partial charge is 0.00643 e. The molecule has 2 nitrogen and oxygen atoms in total. The average molecular weight is 271 g/mol. The molecule has 0 aliphatic carbocycles. The number of nitrogens with two attached hydrogens (primary N) is 1. The van der Waals surface area contributed by atoms with Crippen LogP contribution in [-0.4, -0.2) is 19.1 Å². The van der Waals surface area contributed by atoms with Gasteiger partial charge in [0.15, 0.2) is 0 Å². The third-order valence-corrected chi connectivity index (χ3v) is 3.94. The Hall–Kier alpha value is -0.0800. The molecule has 19 heavy (non-hydrogen) atoms. The van der Waals surface area contributed by atoms with Crippen molar-refractivity contribution in [2.24, 2.45) is 5.73 Å². The molecule has 0 heterocycles. The Morgan fingerprint density at radius 3 is 1.79 bits per heavy atom. The minimum Gasteiger partial charge on any atom is -0.330 e. The van der Waals surface area contributed by atoms with Gasteiger partial charge in [-0.05, 0) is 38.8 Å². The highest BCUT2D eigenvalue weighted by Crippen LogP contribution is 2.09. The fourth-order valence-corrected chi connectivity index (χ4v) is 2.61. The number of unbranched alkanes of at least 4 members (excludes halogenated alkanes) is 8. The van der Waals surface area contributed by atoms with E-state index in [0.29, 0.717) is 0 Å². The summed E-state index contributed by atoms with van der Waals surface area (Å²) in [4.78, 5) is 0. The van der Waals surface area contributed by atoms with Gasteiger partial charge in [-0.1, -0.05) is 65.2 Å². The van der Waals surface area contributed by atoms with E-state index < -0.39 is 0 Å². The van der Waals surface area contributed by atoms with Crippen molar-refractivity contribution in [2.75, 3.05) is 13.1 Å². The predicted molar refractivity (Wildman–Crippen MR) is 87.6 cm³/mol. The van der Waals surface area contributed by atoms with Gasteiger partial charge in [0.25, 0.3) is 0 Å². The van der Waals surface area contributed by atoms with E-state index in [1.54, 1.807) is 0 Å². The lowest BCUT2D eigenvalue weighted by atomic mass is 10.1. The van der Waals surface area contributed by atoms with Crippen LogP contribution in [0.2, 0.25) is 0 Å². The lowest BCUT2D eigenvalue weighted by Gasteiger charge is -2.15. The van der Waals surface area contributed by atoms with E-state index in [0.717, 1.165) is 12.6 Å². The van der Waals surface area contributed by atoms with E-state index in [1.807, 2.05) is 0 Å². The minimum absolute atomic E-state index is 0.757. The highest BCUT2D eigenvalue weighted by atomic mass is 14.9. The number of rotatable bonds is 15. The topological polar surface area (TPSA) is 38.0 Å². The Morgan fingerprint density at radius 2 is 1.32 bits per heavy atom. The van der Waals surface area contributed by atoms with Crippen molar-refractivity contribution in [3.05, 3.63) is 0 Å². The second-order valence-electron chi connectivity index (χ2n) is 5.82. The van der Waals surface area contributed by atoms with E-state index in [-0.39, 0.29) is 0 Å². The molecule has 0 aromatic carbocycles. The van der Waals surface area contributed by atoms with Gasteiger partial charge in [0.1, 0.15) is 0 Å². The predicted octanol–water partition coefficient (Wildman–Crippen LogP) is 4.62. The normalized spacial score (nSPS) is 12.8. The molecule has 0 aromatic rings. The Morgan fingerprint density at radius 1 is 0.789 bits per heavy atom. The molecule has 1 atom stereocenters. The molecule has 0 bridgehead atoms. The molecule has 2 heteroatoms. The van der Waals surface area contributed by atoms with Crippen molar-refractivity contribution in [1.29, 1.82) is 0 Å². The molecule has 0 aliphatic heterocycles. The molecular weight excluding hydrogens is 232 g/mol. The van der Waals surface area contributed by atoms with E-state index in [9.17, 15) is 0 Å². The van der Waals surface area contributed by atoms with Crippen LogP contribution in [0.25, 0.3) is 0 Å². The molecule has 0 saturated carbocycles. The van der Waals surface area contributed by atoms with Crippen LogP contribution in [0.1, 0.15) is 90.9 Å². The Balaban J connectivity index is 3.09. The monoisotopic (exact) mass is 270 g/mol. The zero-order valence-electron chi connectivity index (χ0n) is 13.6. The molecule has 0 rings (SSSR count). The van der Waals surface area contributed by atoms with Crippen LogP contribution in [0.15, 0.2) is 0 Å². The van der Waals surface area contributed by atoms with Gasteiger partial charge < -0.3 is 11.1 Å². The first-order chi connectivity index (χ1) is 9.35. The van der Waals surface area contributed by atoms with E-state index >= 15 is 0 Å². The molecule has 0 aliphatic rings. The van der Waals surface area contributed by atoms with Gasteiger partial charge in [-0.15, -0.1) is 0 Å². The van der Waals surface area contributed by atoms with Crippen LogP contribution in [0.5, 0.6) is 0 Å². The summed E-state index contributed by atoms with van der Waals surface area (Å²) in [6, 6.07) is 0.757. The Bertz CT molecular complexity index is 159. The van der Waals surface area contributed by atoms with Gasteiger partial charge in [-0.2, -0.15) is 0 Å². The molecule has 0 radical (unpaired) electrons. The van der Waals surface area contributed by atoms with Gasteiger partial charge in [0.2, 0.25) is 0 Å². The summed E-state index contributed by atoms with van der Waals surface area (Å²) in [5, 5.41) is 3.68. The van der Waals surface area contributed by atoms with Gasteiger partial charge in [0, 0.05) is 6.04 Å². The lowest BCUT2D eigenvalue weighted by Crippen LogP contribution is -2.29. The van der Waals surface area contributed by atoms with Gasteiger partial charge in [-0.3, -0.25) is 0 Å². The maximum atomic E-state index is 5.48. The van der Waals surface area contributed by atoms with E-state index in [1.165, 1.54) is 83.6 Å². The van der Waals surface area contributed by atoms with Crippen LogP contribution in [0.3, 0.4) is 0 Å². The van der Waals surface area contributed by atoms with E-state index in [2.05, 4.69) is 19.2 Å². The number of nitrogens with one attached hydrogen (secondary N) is 1. The van der Waals surface area contributed by atoms with E-state index in [4.69, 9.17) is 5.73 Å². The van der Waals surface area contributed by atoms with Gasteiger partial charge in [0.05, 0.1) is 0 Å². The second kappa shape index (κ2) is 16.0. The van der Waals surface area contributed by atoms with Crippen LogP contribution < -0.4 is 11.1 Å². The standard InChI is InChI=1S/C17H38N2/c1-3-14-17(4-2)19-16-13-11-9-7-5-6-8-10-12-15-18/h17,19H,3-16,18H2,1-2H3. The summed E-state index contributed by atoms with van der Waals surface area (Å²) in [5.41, 5.74) is 5.48. The lowest BCUT2D eigenvalue weighted by molar-refractivity contribution is 0.449. The third-order valence-electron chi connectivity index (χ3n) is 3.94. The summed E-state index contributed by atoms with van der Waals surface area (Å²) in [6.07, 6.45) is 16.3. The summed E-state index contributed by atoms with van der Waals surface area (Å²) in [6.45, 7) is 6.65. The fraction of sp³-hybridized carbons (Fsp3) is 1.00. The summed E-state index contributed by atoms with van der Waals surface area (Å²) >= 11 is 0. The average Bonchev–Trinajstić information content (AvgIpc) is 2.43. The van der Waals surface area contributed by atoms with Gasteiger partial charge >= 0.3 is 0 Å². The molecule has 0 spiro atoms. The first-order valence-corrected chi connectivity index (χ1v) is 8.78. The Kier molecular flexibility index (Phi) is 15.9. The van der Waals surface area contributed by atoms with Crippen LogP contribution in [0.4, 0.5) is 0 Å². The fourth-order valence-electron chi connectivity index (χ4n) is 2.61. The van der Waals surface area contributed by atoms with Crippen molar-refractivity contribution >= 4 is 0 Å². The number of hydrogen-bond acceptors (Lipinski definition) is 2. The zero-order chi connectivity index (χ0) is 14.2. The summed E-state index contributed by atoms with van der Waals surface area (Å²) in [5.74, 6) is 0. The minimum atomic E-state index is 0.757. The first kappa shape index (κ1) is 18.9. The van der Waals surface area contributed by atoms with Crippen molar-refractivity contribution in [1.82, 2.24) is 5.32 Å². The Labute approximate surface area is 121 Å². The quantitative estimate of drug-likeness (QED) is 0.426. The highest BCUT2D eigenvalue weighted by molar-refractivity contribution is 4.63. The van der Waals surface area contributed by atoms with Crippen molar-refractivity contribution in [3.8, 4) is 0 Å². The van der Waals surface area contributed by atoms with Crippen molar-refractivity contribution in [3.63, 3.8) is 0 Å². The summed E-state index contributed by atoms with van der Waals surface area (Å²) in [7, 11) is 0. The van der Waals surface area contributed by atoms with Crippen LogP contribution in [0, 0.1) is 0 Å². The molecule has 0 amide bonds. The van der Waals surface area contributed by atoms with Crippen molar-refractivity contribution < 1.29 is 0 Å². The SMILES string of the molecule is CCCC(CC)NCCCCCCCCCCCN. The maximum Gasteiger partial charge on any atom is 0.00643 e. The first-order valence-electron chi connectivity index (χ1n) is 8.78. The van der Waals surface area contributed by atoms with Crippen molar-refractivity contribution in [2.45, 2.75) is 96.9 Å². The van der Waals surface area contributed by atoms with Gasteiger partial charge in [-0.25, -0.2) is 0 Å². The highest BCUT2D eigenvalue weighted by Gasteiger charge is 2.02. The molecule has 0 saturated heterocycles. The number of hydrogen-bond donors (Lipinski definition) is 2. The summed E-state index contributed by atoms with van der Waals surface area (Å²) < 4.78 is 0. The van der Waals surface area contributed by atoms with Crippen LogP contribution >= 0.6 is 0 Å². The second-order valence-corrected chi connectivity index (χ2v) is 5.82. The molecule has 0 aromatic heterocycles. The molecule has 1 unspecified atom stereocenters. The molecule has 0 fully saturated rings.